The van der Waals surface area contributed by atoms with E-state index >= 15 is 0 Å². The van der Waals surface area contributed by atoms with Crippen LogP contribution >= 0.6 is 0 Å². The van der Waals surface area contributed by atoms with E-state index < -0.39 is 5.60 Å². The van der Waals surface area contributed by atoms with Gasteiger partial charge in [-0.3, -0.25) is 4.79 Å². The van der Waals surface area contributed by atoms with Crippen molar-refractivity contribution >= 4 is 11.9 Å². The summed E-state index contributed by atoms with van der Waals surface area (Å²) in [7, 11) is 0. The van der Waals surface area contributed by atoms with Crippen LogP contribution in [0.1, 0.15) is 94.4 Å². The number of fused-ring (bicyclic) bond motifs is 1. The minimum Gasteiger partial charge on any atom is -0.462 e. The van der Waals surface area contributed by atoms with Crippen molar-refractivity contribution in [1.82, 2.24) is 0 Å². The highest BCUT2D eigenvalue weighted by atomic mass is 16.6. The molecule has 0 unspecified atom stereocenters. The Labute approximate surface area is 269 Å². The summed E-state index contributed by atoms with van der Waals surface area (Å²) in [6, 6.07) is 0. The zero-order valence-corrected chi connectivity index (χ0v) is 28.5. The molecule has 4 rings (SSSR count). The SMILES string of the molecule is CC(=O)O[C@H]1CC(C)(C)C(=C=C/C(C)=C/C=C/C=C/C=C(C)/C=C2C=C(/C=C/[C@@]34O[C@]3(C)CCCC4(C)C)C(=O)O/2)[C@](C)(O)C1. The van der Waals surface area contributed by atoms with Crippen LogP contribution in [-0.4, -0.2) is 40.0 Å². The Balaban J connectivity index is 1.35. The van der Waals surface area contributed by atoms with Gasteiger partial charge in [-0.1, -0.05) is 64.2 Å². The van der Waals surface area contributed by atoms with Gasteiger partial charge in [0, 0.05) is 24.3 Å². The minimum absolute atomic E-state index is 0.0219. The smallest absolute Gasteiger partial charge is 0.343 e. The molecule has 45 heavy (non-hydrogen) atoms. The lowest BCUT2D eigenvalue weighted by Gasteiger charge is -2.44. The number of cyclic esters (lactones) is 1. The molecule has 242 valence electrons. The molecule has 6 nitrogen and oxygen atoms in total. The van der Waals surface area contributed by atoms with E-state index in [1.165, 1.54) is 6.92 Å². The molecule has 4 atom stereocenters. The maximum absolute atomic E-state index is 12.5. The molecule has 1 saturated heterocycles. The molecule has 0 amide bonds. The average molecular weight is 615 g/mol. The van der Waals surface area contributed by atoms with Crippen molar-refractivity contribution in [3.8, 4) is 0 Å². The molecule has 4 aliphatic rings. The molecule has 1 N–H and O–H groups in total. The van der Waals surface area contributed by atoms with Crippen molar-refractivity contribution in [3.63, 3.8) is 0 Å². The molecular weight excluding hydrogens is 564 g/mol. The van der Waals surface area contributed by atoms with Crippen molar-refractivity contribution < 1.29 is 28.9 Å². The van der Waals surface area contributed by atoms with Crippen LogP contribution in [0, 0.1) is 10.8 Å². The number of rotatable bonds is 8. The zero-order chi connectivity index (χ0) is 33.3. The van der Waals surface area contributed by atoms with Crippen LogP contribution in [0.5, 0.6) is 0 Å². The van der Waals surface area contributed by atoms with Gasteiger partial charge in [0.15, 0.2) is 0 Å². The molecular formula is C39H50O6. The third-order valence-corrected chi connectivity index (χ3v) is 9.61. The molecule has 2 heterocycles. The van der Waals surface area contributed by atoms with E-state index in [0.717, 1.165) is 36.0 Å². The molecule has 3 fully saturated rings. The maximum Gasteiger partial charge on any atom is 0.343 e. The number of carbonyl (C=O) groups is 2. The molecule has 2 aliphatic heterocycles. The van der Waals surface area contributed by atoms with Gasteiger partial charge in [-0.25, -0.2) is 4.79 Å². The normalized spacial score (nSPS) is 33.8. The predicted molar refractivity (Wildman–Crippen MR) is 178 cm³/mol. The molecule has 2 aliphatic carbocycles. The highest BCUT2D eigenvalue weighted by Crippen LogP contribution is 2.66. The van der Waals surface area contributed by atoms with Crippen molar-refractivity contribution in [2.75, 3.05) is 0 Å². The third kappa shape index (κ3) is 7.69. The standard InChI is InChI=1S/C39H50O6/c1-27(17-18-33-35(4,5)25-32(43-29(3)40)26-37(33,8)42)15-12-10-11-13-16-28(2)23-31-24-30(34(41)44-31)19-22-39-36(6,7)20-14-21-38(39,9)45-39/h10-13,15-17,19,22-24,32,42H,14,20-21,25-26H2,1-9H3/b12-10+,13-11+,22-19+,27-15+,28-16+,31-23-/t18?,32-,37+,38+,39-/m0/s1. The lowest BCUT2D eigenvalue weighted by molar-refractivity contribution is -0.152. The lowest BCUT2D eigenvalue weighted by atomic mass is 9.64. The Bertz CT molecular complexity index is 1480. The molecule has 0 bridgehead atoms. The zero-order valence-electron chi connectivity index (χ0n) is 28.5. The van der Waals surface area contributed by atoms with Crippen LogP contribution in [0.25, 0.3) is 0 Å². The molecule has 0 radical (unpaired) electrons. The van der Waals surface area contributed by atoms with Crippen LogP contribution in [0.3, 0.4) is 0 Å². The van der Waals surface area contributed by atoms with Gasteiger partial charge in [0.2, 0.25) is 0 Å². The van der Waals surface area contributed by atoms with E-state index in [0.29, 0.717) is 24.2 Å². The van der Waals surface area contributed by atoms with E-state index in [9.17, 15) is 14.7 Å². The van der Waals surface area contributed by atoms with Crippen LogP contribution in [0.4, 0.5) is 0 Å². The fraction of sp³-hybridized carbons (Fsp3) is 0.513. The monoisotopic (exact) mass is 614 g/mol. The van der Waals surface area contributed by atoms with E-state index in [4.69, 9.17) is 14.2 Å². The van der Waals surface area contributed by atoms with Gasteiger partial charge in [-0.15, -0.1) is 5.73 Å². The summed E-state index contributed by atoms with van der Waals surface area (Å²) >= 11 is 0. The van der Waals surface area contributed by atoms with Gasteiger partial charge in [-0.05, 0) is 100 Å². The second-order valence-electron chi connectivity index (χ2n) is 14.7. The summed E-state index contributed by atoms with van der Waals surface area (Å²) in [4.78, 5) is 24.0. The third-order valence-electron chi connectivity index (χ3n) is 9.61. The van der Waals surface area contributed by atoms with Gasteiger partial charge in [0.25, 0.3) is 0 Å². The minimum atomic E-state index is -1.11. The maximum atomic E-state index is 12.5. The first kappa shape index (κ1) is 34.4. The van der Waals surface area contributed by atoms with E-state index in [-0.39, 0.29) is 40.1 Å². The van der Waals surface area contributed by atoms with E-state index in [2.05, 4.69) is 32.6 Å². The first-order valence-electron chi connectivity index (χ1n) is 16.0. The fourth-order valence-electron chi connectivity index (χ4n) is 7.45. The Morgan fingerprint density at radius 1 is 0.978 bits per heavy atom. The summed E-state index contributed by atoms with van der Waals surface area (Å²) < 4.78 is 17.2. The van der Waals surface area contributed by atoms with Gasteiger partial charge < -0.3 is 19.3 Å². The number of carbonyl (C=O) groups excluding carboxylic acids is 2. The first-order valence-corrected chi connectivity index (χ1v) is 16.0. The van der Waals surface area contributed by atoms with Gasteiger partial charge in [0.05, 0.1) is 16.8 Å². The number of hydrogen-bond acceptors (Lipinski definition) is 6. The molecule has 0 aromatic rings. The molecule has 6 heteroatoms. The Morgan fingerprint density at radius 2 is 1.64 bits per heavy atom. The van der Waals surface area contributed by atoms with Gasteiger partial charge in [-0.2, -0.15) is 0 Å². The van der Waals surface area contributed by atoms with Crippen molar-refractivity contribution in [2.45, 2.75) is 117 Å². The van der Waals surface area contributed by atoms with Gasteiger partial charge in [0.1, 0.15) is 17.5 Å². The van der Waals surface area contributed by atoms with Crippen LogP contribution in [0.2, 0.25) is 0 Å². The highest BCUT2D eigenvalue weighted by Gasteiger charge is 2.73. The molecule has 2 saturated carbocycles. The summed E-state index contributed by atoms with van der Waals surface area (Å²) in [5, 5.41) is 11.1. The summed E-state index contributed by atoms with van der Waals surface area (Å²) in [6.45, 7) is 17.8. The van der Waals surface area contributed by atoms with Crippen molar-refractivity contribution in [2.24, 2.45) is 10.8 Å². The molecule has 0 spiro atoms. The summed E-state index contributed by atoms with van der Waals surface area (Å²) in [5.74, 6) is -0.144. The number of epoxide rings is 1. The van der Waals surface area contributed by atoms with Crippen molar-refractivity contribution in [3.05, 3.63) is 101 Å². The summed E-state index contributed by atoms with van der Waals surface area (Å²) in [5.41, 5.74) is 4.69. The number of ether oxygens (including phenoxy) is 3. The Kier molecular flexibility index (Phi) is 9.76. The molecule has 0 aromatic carbocycles. The predicted octanol–water partition coefficient (Wildman–Crippen LogP) is 8.24. The highest BCUT2D eigenvalue weighted by molar-refractivity contribution is 5.95. The van der Waals surface area contributed by atoms with Crippen molar-refractivity contribution in [1.29, 1.82) is 0 Å². The Hall–Kier alpha value is -3.44. The largest absolute Gasteiger partial charge is 0.462 e. The van der Waals surface area contributed by atoms with Crippen LogP contribution < -0.4 is 0 Å². The fourth-order valence-corrected chi connectivity index (χ4v) is 7.45. The number of aliphatic hydroxyl groups is 1. The first-order chi connectivity index (χ1) is 20.9. The Morgan fingerprint density at radius 3 is 2.27 bits per heavy atom. The van der Waals surface area contributed by atoms with E-state index in [1.807, 2.05) is 82.4 Å². The number of allylic oxidation sites excluding steroid dienone is 10. The second kappa shape index (κ2) is 12.7. The topological polar surface area (TPSA) is 85.4 Å². The van der Waals surface area contributed by atoms with Gasteiger partial charge >= 0.3 is 11.9 Å². The average Bonchev–Trinajstić information content (AvgIpc) is 3.39. The quantitative estimate of drug-likeness (QED) is 0.128. The van der Waals surface area contributed by atoms with E-state index in [1.54, 1.807) is 13.0 Å². The van der Waals surface area contributed by atoms with Crippen LogP contribution in [-0.2, 0) is 23.8 Å². The number of hydrogen-bond donors (Lipinski definition) is 1. The summed E-state index contributed by atoms with van der Waals surface area (Å²) in [6.07, 6.45) is 25.1. The van der Waals surface area contributed by atoms with Crippen LogP contribution in [0.15, 0.2) is 101 Å². The number of esters is 2. The lowest BCUT2D eigenvalue weighted by Crippen LogP contribution is -2.46. The second-order valence-corrected chi connectivity index (χ2v) is 14.7. The molecule has 0 aromatic heterocycles.